The summed E-state index contributed by atoms with van der Waals surface area (Å²) in [6, 6.07) is 19.4. The summed E-state index contributed by atoms with van der Waals surface area (Å²) in [5, 5.41) is 0. The lowest BCUT2D eigenvalue weighted by molar-refractivity contribution is -0.598. The predicted molar refractivity (Wildman–Crippen MR) is 135 cm³/mol. The van der Waals surface area contributed by atoms with Crippen LogP contribution in [-0.4, -0.2) is 6.61 Å². The van der Waals surface area contributed by atoms with Gasteiger partial charge in [-0.15, -0.1) is 0 Å². The molecule has 0 spiro atoms. The number of ether oxygens (including phenoxy) is 1. The summed E-state index contributed by atoms with van der Waals surface area (Å²) in [7, 11) is 0. The molecule has 2 aromatic carbocycles. The summed E-state index contributed by atoms with van der Waals surface area (Å²) in [6.07, 6.45) is 22.5. The molecule has 32 heavy (non-hydrogen) atoms. The second kappa shape index (κ2) is 19.4. The molecule has 0 aliphatic carbocycles. The number of para-hydroxylation sites is 1. The van der Waals surface area contributed by atoms with E-state index in [1.165, 1.54) is 110 Å². The van der Waals surface area contributed by atoms with Gasteiger partial charge in [-0.05, 0) is 30.7 Å². The number of halogens is 1. The maximum atomic E-state index is 6.16. The van der Waals surface area contributed by atoms with Crippen LogP contribution in [0.1, 0.15) is 110 Å². The molecule has 0 aliphatic rings. The van der Waals surface area contributed by atoms with Gasteiger partial charge in [0.2, 0.25) is 3.57 Å². The molecule has 2 aromatic rings. The first-order valence-electron chi connectivity index (χ1n) is 13.3. The van der Waals surface area contributed by atoms with Crippen molar-refractivity contribution in [2.45, 2.75) is 110 Å². The third-order valence-corrected chi connectivity index (χ3v) is 8.85. The smallest absolute Gasteiger partial charge is 0.362 e. The Morgan fingerprint density at radius 1 is 0.531 bits per heavy atom. The standard InChI is InChI=1S/C30H46IO/c1-2-3-4-5-6-7-8-9-10-11-12-13-14-15-16-22-27-32-30-26-21-20-25-29(30)31-28-23-18-17-19-24-28/h17-21,23-26H,2-16,22,27H2,1H3/q+1. The van der Waals surface area contributed by atoms with Crippen molar-refractivity contribution in [3.63, 3.8) is 0 Å². The molecule has 2 heteroatoms. The van der Waals surface area contributed by atoms with E-state index >= 15 is 0 Å². The lowest BCUT2D eigenvalue weighted by atomic mass is 10.0. The Bertz CT molecular complexity index is 670. The van der Waals surface area contributed by atoms with Crippen LogP contribution < -0.4 is 25.9 Å². The van der Waals surface area contributed by atoms with Gasteiger partial charge in [-0.25, -0.2) is 0 Å². The van der Waals surface area contributed by atoms with E-state index in [2.05, 4.69) is 61.5 Å². The summed E-state index contributed by atoms with van der Waals surface area (Å²) >= 11 is -0.166. The van der Waals surface area contributed by atoms with Gasteiger partial charge in [0.15, 0.2) is 9.32 Å². The average Bonchev–Trinajstić information content (AvgIpc) is 2.83. The fraction of sp³-hybridized carbons (Fsp3) is 0.600. The van der Waals surface area contributed by atoms with E-state index in [0.29, 0.717) is 0 Å². The van der Waals surface area contributed by atoms with Crippen molar-refractivity contribution in [3.8, 4) is 5.75 Å². The summed E-state index contributed by atoms with van der Waals surface area (Å²) in [5.41, 5.74) is 0. The Balaban J connectivity index is 1.40. The van der Waals surface area contributed by atoms with Crippen molar-refractivity contribution in [2.75, 3.05) is 6.61 Å². The average molecular weight is 550 g/mol. The second-order valence-corrected chi connectivity index (χ2v) is 11.9. The second-order valence-electron chi connectivity index (χ2n) is 8.97. The number of unbranched alkanes of at least 4 members (excludes halogenated alkanes) is 15. The highest BCUT2D eigenvalue weighted by atomic mass is 127. The van der Waals surface area contributed by atoms with Crippen LogP contribution in [0.4, 0.5) is 0 Å². The molecule has 0 aliphatic heterocycles. The van der Waals surface area contributed by atoms with Gasteiger partial charge in [-0.1, -0.05) is 134 Å². The maximum Gasteiger partial charge on any atom is 0.362 e. The van der Waals surface area contributed by atoms with Crippen LogP contribution in [-0.2, 0) is 0 Å². The number of hydrogen-bond acceptors (Lipinski definition) is 1. The first kappa shape index (κ1) is 27.2. The highest BCUT2D eigenvalue weighted by Crippen LogP contribution is 2.14. The van der Waals surface area contributed by atoms with Crippen molar-refractivity contribution in [2.24, 2.45) is 0 Å². The number of benzene rings is 2. The fourth-order valence-electron chi connectivity index (χ4n) is 4.07. The van der Waals surface area contributed by atoms with Crippen LogP contribution in [0, 0.1) is 7.14 Å². The van der Waals surface area contributed by atoms with Crippen molar-refractivity contribution in [1.82, 2.24) is 0 Å². The summed E-state index contributed by atoms with van der Waals surface area (Å²) in [4.78, 5) is 0. The maximum absolute atomic E-state index is 6.16. The molecule has 0 unspecified atom stereocenters. The lowest BCUT2D eigenvalue weighted by Crippen LogP contribution is -3.61. The zero-order valence-electron chi connectivity index (χ0n) is 20.5. The summed E-state index contributed by atoms with van der Waals surface area (Å²) < 4.78 is 9.00. The van der Waals surface area contributed by atoms with Crippen LogP contribution >= 0.6 is 0 Å². The molecule has 0 bridgehead atoms. The van der Waals surface area contributed by atoms with Gasteiger partial charge in [0.25, 0.3) is 0 Å². The van der Waals surface area contributed by atoms with Crippen LogP contribution in [0.2, 0.25) is 0 Å². The molecule has 1 nitrogen and oxygen atoms in total. The first-order valence-corrected chi connectivity index (χ1v) is 15.5. The minimum Gasteiger partial charge on any atom is -0.489 e. The summed E-state index contributed by atoms with van der Waals surface area (Å²) in [6.45, 7) is 3.15. The molecule has 0 atom stereocenters. The third-order valence-electron chi connectivity index (χ3n) is 6.04. The SMILES string of the molecule is CCCCCCCCCCCCCCCCCCOc1ccccc1[I+]c1ccccc1. The predicted octanol–water partition coefficient (Wildman–Crippen LogP) is 6.46. The molecule has 2 rings (SSSR count). The topological polar surface area (TPSA) is 9.23 Å². The molecule has 0 saturated heterocycles. The van der Waals surface area contributed by atoms with Crippen molar-refractivity contribution >= 4 is 0 Å². The Kier molecular flexibility index (Phi) is 16.5. The van der Waals surface area contributed by atoms with Crippen LogP contribution in [0.15, 0.2) is 54.6 Å². The molecule has 0 radical (unpaired) electrons. The quantitative estimate of drug-likeness (QED) is 0.136. The van der Waals surface area contributed by atoms with Crippen molar-refractivity contribution < 1.29 is 25.9 Å². The zero-order valence-corrected chi connectivity index (χ0v) is 22.7. The van der Waals surface area contributed by atoms with E-state index in [1.807, 2.05) is 0 Å². The normalized spacial score (nSPS) is 11.0. The zero-order chi connectivity index (χ0) is 22.5. The lowest BCUT2D eigenvalue weighted by Gasteiger charge is -2.06. The summed E-state index contributed by atoms with van der Waals surface area (Å²) in [5.74, 6) is 1.10. The van der Waals surface area contributed by atoms with E-state index < -0.39 is 0 Å². The minimum absolute atomic E-state index is 0.166. The molecule has 0 aromatic heterocycles. The number of rotatable bonds is 20. The molecule has 0 N–H and O–H groups in total. The molecular weight excluding hydrogens is 503 g/mol. The first-order chi connectivity index (χ1) is 15.9. The Labute approximate surface area is 209 Å². The Morgan fingerprint density at radius 3 is 1.56 bits per heavy atom. The number of hydrogen-bond donors (Lipinski definition) is 0. The van der Waals surface area contributed by atoms with E-state index in [9.17, 15) is 0 Å². The van der Waals surface area contributed by atoms with Gasteiger partial charge in [-0.3, -0.25) is 0 Å². The fourth-order valence-corrected chi connectivity index (χ4v) is 6.50. The highest BCUT2D eigenvalue weighted by molar-refractivity contribution is 5.20. The molecular formula is C30H46IO+. The minimum atomic E-state index is -0.166. The highest BCUT2D eigenvalue weighted by Gasteiger charge is 2.20. The van der Waals surface area contributed by atoms with Crippen molar-refractivity contribution in [1.29, 1.82) is 0 Å². The van der Waals surface area contributed by atoms with Crippen LogP contribution in [0.25, 0.3) is 0 Å². The van der Waals surface area contributed by atoms with Gasteiger partial charge < -0.3 is 4.74 Å². The van der Waals surface area contributed by atoms with E-state index in [1.54, 1.807) is 0 Å². The molecule has 0 heterocycles. The molecule has 0 fully saturated rings. The van der Waals surface area contributed by atoms with Crippen LogP contribution in [0.3, 0.4) is 0 Å². The Hall–Kier alpha value is -1.03. The van der Waals surface area contributed by atoms with Crippen molar-refractivity contribution in [3.05, 3.63) is 61.7 Å². The van der Waals surface area contributed by atoms with Crippen LogP contribution in [0.5, 0.6) is 5.75 Å². The molecule has 178 valence electrons. The third kappa shape index (κ3) is 13.5. The van der Waals surface area contributed by atoms with Gasteiger partial charge in [0, 0.05) is 0 Å². The Morgan fingerprint density at radius 2 is 1.00 bits per heavy atom. The molecule has 0 saturated carbocycles. The van der Waals surface area contributed by atoms with E-state index in [0.717, 1.165) is 12.4 Å². The van der Waals surface area contributed by atoms with E-state index in [4.69, 9.17) is 4.74 Å². The van der Waals surface area contributed by atoms with Gasteiger partial charge in [-0.2, -0.15) is 0 Å². The molecule has 0 amide bonds. The van der Waals surface area contributed by atoms with Gasteiger partial charge >= 0.3 is 21.2 Å². The van der Waals surface area contributed by atoms with Gasteiger partial charge in [0.1, 0.15) is 0 Å². The van der Waals surface area contributed by atoms with Gasteiger partial charge in [0.05, 0.1) is 6.61 Å². The monoisotopic (exact) mass is 549 g/mol. The van der Waals surface area contributed by atoms with E-state index in [-0.39, 0.29) is 21.2 Å². The largest absolute Gasteiger partial charge is 0.489 e.